The van der Waals surface area contributed by atoms with Gasteiger partial charge >= 0.3 is 0 Å². The molecule has 2 nitrogen and oxygen atoms in total. The zero-order chi connectivity index (χ0) is 34.2. The lowest BCUT2D eigenvalue weighted by Crippen LogP contribution is -1.95. The predicted molar refractivity (Wildman–Crippen MR) is 221 cm³/mol. The van der Waals surface area contributed by atoms with Crippen LogP contribution in [0, 0.1) is 0 Å². The van der Waals surface area contributed by atoms with E-state index in [4.69, 9.17) is 0 Å². The molecule has 0 radical (unpaired) electrons. The Hall–Kier alpha value is -6.90. The third-order valence-electron chi connectivity index (χ3n) is 10.9. The van der Waals surface area contributed by atoms with Crippen molar-refractivity contribution in [2.75, 3.05) is 0 Å². The SMILES string of the molecule is c1ccc(-c2ccc3c4ccc(-c5cccc(-n6c7ccccc7c7cc8ccn(-c9ccccc9)c8cc76)c5)cc4c4ccccc4c3c2)cc1. The fraction of sp³-hybridized carbons (Fsp3) is 0. The molecule has 0 spiro atoms. The third-order valence-corrected chi connectivity index (χ3v) is 10.9. The minimum Gasteiger partial charge on any atom is -0.316 e. The number of hydrogen-bond donors (Lipinski definition) is 0. The van der Waals surface area contributed by atoms with Crippen LogP contribution in [-0.4, -0.2) is 9.13 Å². The first kappa shape index (κ1) is 28.9. The molecule has 0 aliphatic rings. The Balaban J connectivity index is 1.10. The molecule has 0 N–H and O–H groups in total. The molecule has 2 heterocycles. The molecular formula is C50H32N2. The molecule has 11 aromatic rings. The lowest BCUT2D eigenvalue weighted by molar-refractivity contribution is 1.12. The number of nitrogens with zero attached hydrogens (tertiary/aromatic N) is 2. The summed E-state index contributed by atoms with van der Waals surface area (Å²) < 4.78 is 4.73. The summed E-state index contributed by atoms with van der Waals surface area (Å²) in [6.45, 7) is 0. The first-order valence-electron chi connectivity index (χ1n) is 17.9. The summed E-state index contributed by atoms with van der Waals surface area (Å²) in [7, 11) is 0. The molecule has 9 aromatic carbocycles. The summed E-state index contributed by atoms with van der Waals surface area (Å²) in [6, 6.07) is 68.8. The first-order chi connectivity index (χ1) is 25.8. The van der Waals surface area contributed by atoms with Gasteiger partial charge in [-0.1, -0.05) is 127 Å². The molecule has 0 unspecified atom stereocenters. The minimum atomic E-state index is 1.15. The molecule has 242 valence electrons. The van der Waals surface area contributed by atoms with Gasteiger partial charge < -0.3 is 9.13 Å². The Morgan fingerprint density at radius 2 is 0.827 bits per heavy atom. The maximum Gasteiger partial charge on any atom is 0.0562 e. The molecule has 0 aliphatic heterocycles. The van der Waals surface area contributed by atoms with Gasteiger partial charge in [0.1, 0.15) is 0 Å². The second kappa shape index (κ2) is 11.3. The molecule has 2 aromatic heterocycles. The number of fused-ring (bicyclic) bond motifs is 10. The maximum atomic E-state index is 2.43. The average molecular weight is 661 g/mol. The van der Waals surface area contributed by atoms with Crippen molar-refractivity contribution in [2.24, 2.45) is 0 Å². The molecule has 0 saturated carbocycles. The summed E-state index contributed by atoms with van der Waals surface area (Å²) in [4.78, 5) is 0. The van der Waals surface area contributed by atoms with E-state index in [0.29, 0.717) is 0 Å². The van der Waals surface area contributed by atoms with Gasteiger partial charge in [-0.25, -0.2) is 0 Å². The highest BCUT2D eigenvalue weighted by Crippen LogP contribution is 2.40. The van der Waals surface area contributed by atoms with Crippen LogP contribution in [-0.2, 0) is 0 Å². The van der Waals surface area contributed by atoms with Crippen LogP contribution in [0.15, 0.2) is 194 Å². The topological polar surface area (TPSA) is 9.86 Å². The molecule has 0 amide bonds. The first-order valence-corrected chi connectivity index (χ1v) is 17.9. The van der Waals surface area contributed by atoms with E-state index in [2.05, 4.69) is 203 Å². The molecule has 0 fully saturated rings. The Kier molecular flexibility index (Phi) is 6.28. The van der Waals surface area contributed by atoms with E-state index in [1.54, 1.807) is 0 Å². The van der Waals surface area contributed by atoms with Gasteiger partial charge in [-0.2, -0.15) is 0 Å². The van der Waals surface area contributed by atoms with Gasteiger partial charge in [0.05, 0.1) is 16.6 Å². The van der Waals surface area contributed by atoms with Crippen molar-refractivity contribution >= 4 is 65.0 Å². The fourth-order valence-corrected chi connectivity index (χ4v) is 8.46. The minimum absolute atomic E-state index is 1.15. The summed E-state index contributed by atoms with van der Waals surface area (Å²) in [5.74, 6) is 0. The van der Waals surface area contributed by atoms with Crippen molar-refractivity contribution in [2.45, 2.75) is 0 Å². The number of hydrogen-bond acceptors (Lipinski definition) is 0. The van der Waals surface area contributed by atoms with Gasteiger partial charge in [0.2, 0.25) is 0 Å². The highest BCUT2D eigenvalue weighted by atomic mass is 15.0. The van der Waals surface area contributed by atoms with E-state index < -0.39 is 0 Å². The molecule has 0 bridgehead atoms. The zero-order valence-corrected chi connectivity index (χ0v) is 28.4. The quantitative estimate of drug-likeness (QED) is 0.166. The second-order valence-corrected chi connectivity index (χ2v) is 13.8. The van der Waals surface area contributed by atoms with E-state index in [0.717, 1.165) is 11.4 Å². The van der Waals surface area contributed by atoms with Crippen molar-refractivity contribution in [3.63, 3.8) is 0 Å². The van der Waals surface area contributed by atoms with Crippen LogP contribution < -0.4 is 0 Å². The van der Waals surface area contributed by atoms with Crippen molar-refractivity contribution in [3.05, 3.63) is 194 Å². The third kappa shape index (κ3) is 4.38. The van der Waals surface area contributed by atoms with E-state index in [1.165, 1.54) is 87.3 Å². The molecule has 52 heavy (non-hydrogen) atoms. The van der Waals surface area contributed by atoms with Crippen molar-refractivity contribution in [1.29, 1.82) is 0 Å². The van der Waals surface area contributed by atoms with Gasteiger partial charge in [0.25, 0.3) is 0 Å². The number of rotatable bonds is 4. The van der Waals surface area contributed by atoms with Crippen LogP contribution in [0.1, 0.15) is 0 Å². The molecule has 0 saturated heterocycles. The van der Waals surface area contributed by atoms with Gasteiger partial charge in [0, 0.05) is 33.7 Å². The Morgan fingerprint density at radius 1 is 0.269 bits per heavy atom. The standard InChI is InChI=1S/C50H32N2/c1-3-12-33(13-4-1)35-22-24-42-43-25-23-36(30-46(43)41-19-8-7-18-40(41)45(42)29-35)34-14-11-17-39(28-34)52-48-21-10-9-20-44(48)47-31-37-26-27-51(49(37)32-50(47)52)38-15-5-2-6-16-38/h1-32H. The summed E-state index contributed by atoms with van der Waals surface area (Å²) in [6.07, 6.45) is 2.18. The maximum absolute atomic E-state index is 2.43. The monoisotopic (exact) mass is 660 g/mol. The van der Waals surface area contributed by atoms with Crippen LogP contribution in [0.2, 0.25) is 0 Å². The van der Waals surface area contributed by atoms with Crippen molar-refractivity contribution < 1.29 is 0 Å². The Labute approximate surface area is 301 Å². The van der Waals surface area contributed by atoms with Crippen molar-refractivity contribution in [3.8, 4) is 33.6 Å². The van der Waals surface area contributed by atoms with Crippen LogP contribution in [0.5, 0.6) is 0 Å². The summed E-state index contributed by atoms with van der Waals surface area (Å²) in [5, 5.41) is 11.5. The normalized spacial score (nSPS) is 11.8. The van der Waals surface area contributed by atoms with Crippen LogP contribution >= 0.6 is 0 Å². The Bertz CT molecular complexity index is 3140. The molecule has 2 heteroatoms. The highest BCUT2D eigenvalue weighted by Gasteiger charge is 2.16. The van der Waals surface area contributed by atoms with E-state index in [9.17, 15) is 0 Å². The van der Waals surface area contributed by atoms with Crippen LogP contribution in [0.4, 0.5) is 0 Å². The smallest absolute Gasteiger partial charge is 0.0562 e. The van der Waals surface area contributed by atoms with Gasteiger partial charge in [-0.05, 0) is 115 Å². The van der Waals surface area contributed by atoms with E-state index >= 15 is 0 Å². The molecule has 0 aliphatic carbocycles. The highest BCUT2D eigenvalue weighted by molar-refractivity contribution is 6.26. The number of aromatic nitrogens is 2. The fourth-order valence-electron chi connectivity index (χ4n) is 8.46. The van der Waals surface area contributed by atoms with Crippen molar-refractivity contribution in [1.82, 2.24) is 9.13 Å². The van der Waals surface area contributed by atoms with Crippen LogP contribution in [0.25, 0.3) is 98.7 Å². The van der Waals surface area contributed by atoms with E-state index in [1.807, 2.05) is 0 Å². The molecule has 11 rings (SSSR count). The van der Waals surface area contributed by atoms with Gasteiger partial charge in [-0.15, -0.1) is 0 Å². The average Bonchev–Trinajstić information content (AvgIpc) is 3.79. The zero-order valence-electron chi connectivity index (χ0n) is 28.4. The number of benzene rings is 9. The predicted octanol–water partition coefficient (Wildman–Crippen LogP) is 13.5. The summed E-state index contributed by atoms with van der Waals surface area (Å²) in [5.41, 5.74) is 10.8. The largest absolute Gasteiger partial charge is 0.316 e. The number of para-hydroxylation sites is 2. The van der Waals surface area contributed by atoms with Crippen LogP contribution in [0.3, 0.4) is 0 Å². The van der Waals surface area contributed by atoms with Gasteiger partial charge in [0.15, 0.2) is 0 Å². The van der Waals surface area contributed by atoms with Gasteiger partial charge in [-0.3, -0.25) is 0 Å². The summed E-state index contributed by atoms with van der Waals surface area (Å²) >= 11 is 0. The molecule has 0 atom stereocenters. The van der Waals surface area contributed by atoms with E-state index in [-0.39, 0.29) is 0 Å². The second-order valence-electron chi connectivity index (χ2n) is 13.8. The lowest BCUT2D eigenvalue weighted by Gasteiger charge is -2.14. The molecular weight excluding hydrogens is 629 g/mol. The lowest BCUT2D eigenvalue weighted by atomic mass is 9.90. The Morgan fingerprint density at radius 3 is 1.56 bits per heavy atom.